The van der Waals surface area contributed by atoms with E-state index in [0.717, 1.165) is 19.6 Å². The number of amides is 3. The number of hydrogen-bond donors (Lipinski definition) is 1. The molecule has 0 aromatic heterocycles. The van der Waals surface area contributed by atoms with Crippen LogP contribution < -0.4 is 5.32 Å². The van der Waals surface area contributed by atoms with Gasteiger partial charge in [-0.05, 0) is 32.3 Å². The van der Waals surface area contributed by atoms with Gasteiger partial charge < -0.3 is 20.0 Å². The van der Waals surface area contributed by atoms with Crippen LogP contribution in [0, 0.1) is 0 Å². The number of rotatable bonds is 2. The molecule has 0 spiro atoms. The van der Waals surface area contributed by atoms with Gasteiger partial charge in [0.25, 0.3) is 0 Å². The van der Waals surface area contributed by atoms with Crippen LogP contribution in [0.5, 0.6) is 0 Å². The number of nitrogens with one attached hydrogen (secondary N) is 1. The lowest BCUT2D eigenvalue weighted by Crippen LogP contribution is -2.60. The minimum Gasteiger partial charge on any atom is -0.338 e. The van der Waals surface area contributed by atoms with E-state index in [1.807, 2.05) is 19.0 Å². The molecule has 148 valence electrons. The second-order valence-electron chi connectivity index (χ2n) is 7.13. The van der Waals surface area contributed by atoms with E-state index in [4.69, 9.17) is 23.2 Å². The number of benzene rings is 1. The molecule has 9 heteroatoms. The summed E-state index contributed by atoms with van der Waals surface area (Å²) < 4.78 is 0. The average Bonchev–Trinajstić information content (AvgIpc) is 2.66. The van der Waals surface area contributed by atoms with E-state index in [1.54, 1.807) is 23.1 Å². The van der Waals surface area contributed by atoms with Gasteiger partial charge in [-0.25, -0.2) is 4.79 Å². The zero-order valence-corrected chi connectivity index (χ0v) is 17.1. The maximum absolute atomic E-state index is 12.9. The molecule has 1 unspecified atom stereocenters. The van der Waals surface area contributed by atoms with Gasteiger partial charge in [0.15, 0.2) is 0 Å². The van der Waals surface area contributed by atoms with Crippen LogP contribution in [0.15, 0.2) is 18.2 Å². The summed E-state index contributed by atoms with van der Waals surface area (Å²) in [5.41, 5.74) is 0.597. The van der Waals surface area contributed by atoms with E-state index in [1.165, 1.54) is 0 Å². The molecule has 27 heavy (non-hydrogen) atoms. The van der Waals surface area contributed by atoms with Crippen LogP contribution >= 0.6 is 23.2 Å². The third-order valence-corrected chi connectivity index (χ3v) is 5.92. The lowest BCUT2D eigenvalue weighted by molar-refractivity contribution is -0.140. The first-order valence-corrected chi connectivity index (χ1v) is 9.79. The number of hydrogen-bond acceptors (Lipinski definition) is 4. The molecule has 1 atom stereocenters. The molecule has 0 saturated carbocycles. The molecule has 2 aliphatic heterocycles. The first-order chi connectivity index (χ1) is 12.8. The molecule has 3 rings (SSSR count). The van der Waals surface area contributed by atoms with Gasteiger partial charge in [0.05, 0.1) is 10.0 Å². The Morgan fingerprint density at radius 3 is 2.30 bits per heavy atom. The van der Waals surface area contributed by atoms with Crippen molar-refractivity contribution in [2.24, 2.45) is 0 Å². The number of halogens is 2. The molecule has 2 aliphatic rings. The summed E-state index contributed by atoms with van der Waals surface area (Å²) in [6.07, 6.45) is 0. The molecule has 2 fully saturated rings. The fourth-order valence-corrected chi connectivity index (χ4v) is 3.69. The van der Waals surface area contributed by atoms with Crippen LogP contribution in [0.1, 0.15) is 0 Å². The van der Waals surface area contributed by atoms with E-state index in [0.29, 0.717) is 41.9 Å². The summed E-state index contributed by atoms with van der Waals surface area (Å²) in [6.45, 7) is 4.70. The summed E-state index contributed by atoms with van der Waals surface area (Å²) in [5.74, 6) is 0.147. The van der Waals surface area contributed by atoms with Crippen molar-refractivity contribution in [3.8, 4) is 0 Å². The Hall–Kier alpha value is -1.54. The third kappa shape index (κ3) is 4.85. The highest BCUT2D eigenvalue weighted by atomic mass is 35.5. The zero-order valence-electron chi connectivity index (χ0n) is 15.6. The number of likely N-dealkylation sites (N-methyl/N-ethyl adjacent to an activating group) is 2. The van der Waals surface area contributed by atoms with E-state index in [-0.39, 0.29) is 18.0 Å². The minimum absolute atomic E-state index is 0.111. The summed E-state index contributed by atoms with van der Waals surface area (Å²) >= 11 is 11.9. The molecule has 1 aromatic carbocycles. The Labute approximate surface area is 169 Å². The molecule has 1 N–H and O–H groups in total. The summed E-state index contributed by atoms with van der Waals surface area (Å²) in [5, 5.41) is 3.66. The van der Waals surface area contributed by atoms with E-state index in [2.05, 4.69) is 15.1 Å². The van der Waals surface area contributed by atoms with Crippen LogP contribution in [0.4, 0.5) is 10.5 Å². The van der Waals surface area contributed by atoms with Crippen molar-refractivity contribution in [2.45, 2.75) is 6.04 Å². The van der Waals surface area contributed by atoms with E-state index < -0.39 is 0 Å². The number of carbonyl (C=O) groups excluding carboxylic acids is 2. The van der Waals surface area contributed by atoms with Crippen LogP contribution in [-0.2, 0) is 4.79 Å². The molecule has 2 saturated heterocycles. The predicted molar refractivity (Wildman–Crippen MR) is 108 cm³/mol. The molecular formula is C18H25Cl2N5O2. The lowest BCUT2D eigenvalue weighted by atomic mass is 10.1. The van der Waals surface area contributed by atoms with Crippen molar-refractivity contribution < 1.29 is 9.59 Å². The van der Waals surface area contributed by atoms with E-state index in [9.17, 15) is 9.59 Å². The third-order valence-electron chi connectivity index (χ3n) is 5.19. The second kappa shape index (κ2) is 8.65. The molecule has 0 aliphatic carbocycles. The summed E-state index contributed by atoms with van der Waals surface area (Å²) in [4.78, 5) is 33.2. The van der Waals surface area contributed by atoms with Gasteiger partial charge in [0.1, 0.15) is 6.04 Å². The highest BCUT2D eigenvalue weighted by Gasteiger charge is 2.33. The predicted octanol–water partition coefficient (Wildman–Crippen LogP) is 1.92. The van der Waals surface area contributed by atoms with E-state index >= 15 is 0 Å². The Morgan fingerprint density at radius 2 is 1.63 bits per heavy atom. The highest BCUT2D eigenvalue weighted by Crippen LogP contribution is 2.25. The quantitative estimate of drug-likeness (QED) is 0.804. The molecule has 7 nitrogen and oxygen atoms in total. The number of carbonyl (C=O) groups is 2. The normalized spacial score (nSPS) is 22.0. The standard InChI is InChI=1S/C18H25Cl2N5O2/c1-22-5-6-23(2)16(12-22)17(26)24-7-9-25(10-8-24)18(27)21-13-3-4-14(19)15(20)11-13/h3-4,11,16H,5-10,12H2,1-2H3,(H,21,27). The van der Waals surface area contributed by atoms with Crippen molar-refractivity contribution in [1.29, 1.82) is 0 Å². The van der Waals surface area contributed by atoms with Crippen molar-refractivity contribution in [2.75, 3.05) is 65.2 Å². The summed E-state index contributed by atoms with van der Waals surface area (Å²) in [6, 6.07) is 4.67. The van der Waals surface area contributed by atoms with Crippen LogP contribution in [0.2, 0.25) is 10.0 Å². The highest BCUT2D eigenvalue weighted by molar-refractivity contribution is 6.42. The minimum atomic E-state index is -0.199. The Balaban J connectivity index is 1.52. The SMILES string of the molecule is CN1CCN(C)C(C(=O)N2CCN(C(=O)Nc3ccc(Cl)c(Cl)c3)CC2)C1. The Morgan fingerprint density at radius 1 is 0.963 bits per heavy atom. The second-order valence-corrected chi connectivity index (χ2v) is 7.94. The molecule has 2 heterocycles. The fourth-order valence-electron chi connectivity index (χ4n) is 3.39. The van der Waals surface area contributed by atoms with Crippen LogP contribution in [0.25, 0.3) is 0 Å². The van der Waals surface area contributed by atoms with Gasteiger partial charge in [-0.15, -0.1) is 0 Å². The van der Waals surface area contributed by atoms with Crippen LogP contribution in [-0.4, -0.2) is 97.5 Å². The van der Waals surface area contributed by atoms with Gasteiger partial charge in [-0.2, -0.15) is 0 Å². The monoisotopic (exact) mass is 413 g/mol. The number of nitrogens with zero attached hydrogens (tertiary/aromatic N) is 4. The first-order valence-electron chi connectivity index (χ1n) is 9.03. The van der Waals surface area contributed by atoms with Crippen molar-refractivity contribution in [3.05, 3.63) is 28.2 Å². The smallest absolute Gasteiger partial charge is 0.321 e. The number of piperazine rings is 2. The van der Waals surface area contributed by atoms with Gasteiger partial charge >= 0.3 is 6.03 Å². The first kappa shape index (κ1) is 20.2. The van der Waals surface area contributed by atoms with Crippen molar-refractivity contribution in [3.63, 3.8) is 0 Å². The average molecular weight is 414 g/mol. The number of urea groups is 1. The molecule has 3 amide bonds. The molecule has 0 bridgehead atoms. The Kier molecular flexibility index (Phi) is 6.47. The summed E-state index contributed by atoms with van der Waals surface area (Å²) in [7, 11) is 4.04. The van der Waals surface area contributed by atoms with Gasteiger partial charge in [-0.1, -0.05) is 23.2 Å². The number of anilines is 1. The van der Waals surface area contributed by atoms with Crippen molar-refractivity contribution >= 4 is 40.8 Å². The topological polar surface area (TPSA) is 59.1 Å². The maximum Gasteiger partial charge on any atom is 0.321 e. The molecular weight excluding hydrogens is 389 g/mol. The van der Waals surface area contributed by atoms with Crippen molar-refractivity contribution in [1.82, 2.24) is 19.6 Å². The van der Waals surface area contributed by atoms with Gasteiger partial charge in [0, 0.05) is 51.5 Å². The molecule has 1 aromatic rings. The Bertz CT molecular complexity index is 709. The zero-order chi connectivity index (χ0) is 19.6. The van der Waals surface area contributed by atoms with Crippen LogP contribution in [0.3, 0.4) is 0 Å². The lowest BCUT2D eigenvalue weighted by Gasteiger charge is -2.41. The largest absolute Gasteiger partial charge is 0.338 e. The van der Waals surface area contributed by atoms with Gasteiger partial charge in [-0.3, -0.25) is 9.69 Å². The maximum atomic E-state index is 12.9. The molecule has 0 radical (unpaired) electrons. The van der Waals surface area contributed by atoms with Gasteiger partial charge in [0.2, 0.25) is 5.91 Å². The fraction of sp³-hybridized carbons (Fsp3) is 0.556.